The molecule has 7 heteroatoms. The number of hydrogen-bond donors (Lipinski definition) is 1. The van der Waals surface area contributed by atoms with E-state index in [1.807, 2.05) is 20.8 Å². The van der Waals surface area contributed by atoms with Crippen LogP contribution in [-0.2, 0) is 15.4 Å². The van der Waals surface area contributed by atoms with Gasteiger partial charge in [0.15, 0.2) is 9.84 Å². The lowest BCUT2D eigenvalue weighted by Crippen LogP contribution is -2.26. The average molecular weight is 297 g/mol. The van der Waals surface area contributed by atoms with Gasteiger partial charge in [-0.05, 0) is 40.7 Å². The molecule has 0 fully saturated rings. The van der Waals surface area contributed by atoms with Crippen LogP contribution in [0, 0.1) is 0 Å². The van der Waals surface area contributed by atoms with Crippen LogP contribution in [0.3, 0.4) is 0 Å². The van der Waals surface area contributed by atoms with Gasteiger partial charge in [-0.1, -0.05) is 0 Å². The van der Waals surface area contributed by atoms with E-state index in [1.165, 1.54) is 6.07 Å². The number of hydrogen-bond acceptors (Lipinski definition) is 4. The highest BCUT2D eigenvalue weighted by atomic mass is 32.2. The van der Waals surface area contributed by atoms with E-state index < -0.39 is 20.6 Å². The van der Waals surface area contributed by atoms with E-state index in [0.29, 0.717) is 11.0 Å². The Labute approximate surface area is 117 Å². The standard InChI is InChI=1S/C13H19N3O3S/c1-8(2)20(18,19)10-6-9-7-14-16(13(3,4)5)11(9)15-12(10)17/h6-8H,1-5H3,(H,15,17). The topological polar surface area (TPSA) is 84.8 Å². The summed E-state index contributed by atoms with van der Waals surface area (Å²) in [5.41, 5.74) is -0.370. The minimum Gasteiger partial charge on any atom is -0.306 e. The molecule has 0 amide bonds. The minimum atomic E-state index is -3.61. The Morgan fingerprint density at radius 2 is 1.90 bits per heavy atom. The molecular formula is C13H19N3O3S. The Bertz CT molecular complexity index is 807. The minimum absolute atomic E-state index is 0.201. The molecule has 0 bridgehead atoms. The molecule has 0 aromatic carbocycles. The lowest BCUT2D eigenvalue weighted by Gasteiger charge is -2.20. The lowest BCUT2D eigenvalue weighted by atomic mass is 10.1. The second kappa shape index (κ2) is 4.44. The largest absolute Gasteiger partial charge is 0.306 e. The van der Waals surface area contributed by atoms with Gasteiger partial charge in [-0.2, -0.15) is 5.10 Å². The molecule has 0 radical (unpaired) electrons. The van der Waals surface area contributed by atoms with E-state index in [2.05, 4.69) is 10.1 Å². The average Bonchev–Trinajstić information content (AvgIpc) is 2.69. The molecule has 0 saturated heterocycles. The van der Waals surface area contributed by atoms with E-state index in [-0.39, 0.29) is 10.4 Å². The zero-order chi connectivity index (χ0) is 15.3. The lowest BCUT2D eigenvalue weighted by molar-refractivity contribution is 0.365. The Balaban J connectivity index is 2.78. The fraction of sp³-hybridized carbons (Fsp3) is 0.538. The van der Waals surface area contributed by atoms with Gasteiger partial charge in [0.2, 0.25) is 0 Å². The van der Waals surface area contributed by atoms with Gasteiger partial charge in [0.05, 0.1) is 17.0 Å². The number of fused-ring (bicyclic) bond motifs is 1. The predicted molar refractivity (Wildman–Crippen MR) is 77.7 cm³/mol. The van der Waals surface area contributed by atoms with E-state index in [1.54, 1.807) is 24.7 Å². The molecule has 2 heterocycles. The van der Waals surface area contributed by atoms with Crippen LogP contribution in [0.2, 0.25) is 0 Å². The zero-order valence-corrected chi connectivity index (χ0v) is 13.1. The van der Waals surface area contributed by atoms with Crippen molar-refractivity contribution < 1.29 is 8.42 Å². The number of nitrogens with one attached hydrogen (secondary N) is 1. The van der Waals surface area contributed by atoms with E-state index in [4.69, 9.17) is 0 Å². The highest BCUT2D eigenvalue weighted by Gasteiger charge is 2.25. The Morgan fingerprint density at radius 1 is 1.30 bits per heavy atom. The van der Waals surface area contributed by atoms with Crippen LogP contribution >= 0.6 is 0 Å². The molecule has 0 atom stereocenters. The summed E-state index contributed by atoms with van der Waals surface area (Å²) < 4.78 is 26.0. The summed E-state index contributed by atoms with van der Waals surface area (Å²) >= 11 is 0. The first kappa shape index (κ1) is 14.8. The quantitative estimate of drug-likeness (QED) is 0.913. The summed E-state index contributed by atoms with van der Waals surface area (Å²) in [5.74, 6) is 0. The van der Waals surface area contributed by atoms with Crippen molar-refractivity contribution in [1.82, 2.24) is 14.8 Å². The normalized spacial score (nSPS) is 13.3. The van der Waals surface area contributed by atoms with Crippen molar-refractivity contribution in [2.24, 2.45) is 0 Å². The van der Waals surface area contributed by atoms with E-state index in [0.717, 1.165) is 0 Å². The van der Waals surface area contributed by atoms with Crippen LogP contribution in [0.1, 0.15) is 34.6 Å². The molecule has 1 N–H and O–H groups in total. The predicted octanol–water partition coefficient (Wildman–Crippen LogP) is 1.66. The first-order valence-electron chi connectivity index (χ1n) is 6.40. The number of aromatic nitrogens is 3. The third kappa shape index (κ3) is 2.26. The SMILES string of the molecule is CC(C)S(=O)(=O)c1cc2cnn(C(C)(C)C)c2[nH]c1=O. The number of pyridine rings is 1. The van der Waals surface area contributed by atoms with Crippen molar-refractivity contribution >= 4 is 20.9 Å². The van der Waals surface area contributed by atoms with E-state index >= 15 is 0 Å². The van der Waals surface area contributed by atoms with E-state index in [9.17, 15) is 13.2 Å². The molecule has 0 spiro atoms. The van der Waals surface area contributed by atoms with Crippen molar-refractivity contribution in [3.05, 3.63) is 22.6 Å². The molecule has 110 valence electrons. The molecule has 20 heavy (non-hydrogen) atoms. The number of rotatable bonds is 2. The third-order valence-corrected chi connectivity index (χ3v) is 5.26. The second-order valence-corrected chi connectivity index (χ2v) is 8.56. The number of nitrogens with zero attached hydrogens (tertiary/aromatic N) is 2. The molecule has 2 aromatic rings. The van der Waals surface area contributed by atoms with Gasteiger partial charge in [-0.15, -0.1) is 0 Å². The monoisotopic (exact) mass is 297 g/mol. The van der Waals surface area contributed by atoms with Crippen LogP contribution in [-0.4, -0.2) is 28.4 Å². The summed E-state index contributed by atoms with van der Waals surface area (Å²) in [6.07, 6.45) is 1.57. The maximum absolute atomic E-state index is 12.2. The molecule has 0 saturated carbocycles. The van der Waals surface area contributed by atoms with Crippen molar-refractivity contribution in [3.63, 3.8) is 0 Å². The zero-order valence-electron chi connectivity index (χ0n) is 12.3. The van der Waals surface area contributed by atoms with Gasteiger partial charge < -0.3 is 4.98 Å². The summed E-state index contributed by atoms with van der Waals surface area (Å²) in [7, 11) is -3.61. The summed E-state index contributed by atoms with van der Waals surface area (Å²) in [5, 5.41) is 4.20. The van der Waals surface area contributed by atoms with Gasteiger partial charge in [0.25, 0.3) is 5.56 Å². The summed E-state index contributed by atoms with van der Waals surface area (Å²) in [6, 6.07) is 1.40. The first-order chi connectivity index (χ1) is 9.05. The van der Waals surface area contributed by atoms with Crippen molar-refractivity contribution in [3.8, 4) is 0 Å². The summed E-state index contributed by atoms with van der Waals surface area (Å²) in [6.45, 7) is 8.97. The van der Waals surface area contributed by atoms with Crippen LogP contribution in [0.15, 0.2) is 22.0 Å². The summed E-state index contributed by atoms with van der Waals surface area (Å²) in [4.78, 5) is 14.5. The van der Waals surface area contributed by atoms with Gasteiger partial charge in [0.1, 0.15) is 10.5 Å². The van der Waals surface area contributed by atoms with Crippen molar-refractivity contribution in [2.75, 3.05) is 0 Å². The Morgan fingerprint density at radius 3 is 2.40 bits per heavy atom. The highest BCUT2D eigenvalue weighted by molar-refractivity contribution is 7.92. The molecule has 2 rings (SSSR count). The molecular weight excluding hydrogens is 278 g/mol. The third-order valence-electron chi connectivity index (χ3n) is 3.10. The van der Waals surface area contributed by atoms with Crippen molar-refractivity contribution in [2.45, 2.75) is 50.3 Å². The number of H-pyrrole nitrogens is 1. The fourth-order valence-corrected chi connectivity index (χ4v) is 3.05. The maximum Gasteiger partial charge on any atom is 0.268 e. The number of aromatic amines is 1. The highest BCUT2D eigenvalue weighted by Crippen LogP contribution is 2.21. The Kier molecular flexibility index (Phi) is 3.28. The number of sulfone groups is 1. The van der Waals surface area contributed by atoms with Crippen LogP contribution in [0.25, 0.3) is 11.0 Å². The van der Waals surface area contributed by atoms with Crippen molar-refractivity contribution in [1.29, 1.82) is 0 Å². The Hall–Kier alpha value is -1.63. The van der Waals surface area contributed by atoms with Crippen LogP contribution < -0.4 is 5.56 Å². The van der Waals surface area contributed by atoms with Crippen LogP contribution in [0.5, 0.6) is 0 Å². The van der Waals surface area contributed by atoms with Gasteiger partial charge in [-0.25, -0.2) is 13.1 Å². The van der Waals surface area contributed by atoms with Gasteiger partial charge >= 0.3 is 0 Å². The molecule has 0 unspecified atom stereocenters. The molecule has 6 nitrogen and oxygen atoms in total. The molecule has 0 aliphatic heterocycles. The molecule has 2 aromatic heterocycles. The van der Waals surface area contributed by atoms with Gasteiger partial charge in [-0.3, -0.25) is 4.79 Å². The fourth-order valence-electron chi connectivity index (χ4n) is 1.94. The van der Waals surface area contributed by atoms with Gasteiger partial charge in [0, 0.05) is 5.39 Å². The van der Waals surface area contributed by atoms with Crippen LogP contribution in [0.4, 0.5) is 0 Å². The maximum atomic E-state index is 12.2. The second-order valence-electron chi connectivity index (χ2n) is 6.09. The molecule has 0 aliphatic rings. The smallest absolute Gasteiger partial charge is 0.268 e. The molecule has 0 aliphatic carbocycles. The first-order valence-corrected chi connectivity index (χ1v) is 7.95.